The van der Waals surface area contributed by atoms with Crippen LogP contribution in [0.3, 0.4) is 0 Å². The summed E-state index contributed by atoms with van der Waals surface area (Å²) < 4.78 is 27.9. The topological polar surface area (TPSA) is 54.5 Å². The van der Waals surface area contributed by atoms with Gasteiger partial charge in [0.1, 0.15) is 6.29 Å². The number of sulfonamides is 1. The number of aldehydes is 1. The number of benzene rings is 2. The molecule has 0 amide bonds. The standard InChI is InChI=1S/C20H18ClNO3S/c1-14-3-9-19(10-4-14)26(24,25)22-12-16(13-23)11-15(2)20(22)17-5-7-18(21)8-6-17/h3-11,13,20H,2,12H2,1H3. The predicted octanol–water partition coefficient (Wildman–Crippen LogP) is 4.08. The fourth-order valence-corrected chi connectivity index (χ4v) is 4.72. The summed E-state index contributed by atoms with van der Waals surface area (Å²) in [5, 5.41) is 0.562. The van der Waals surface area contributed by atoms with E-state index in [0.717, 1.165) is 11.1 Å². The molecule has 0 fully saturated rings. The zero-order valence-electron chi connectivity index (χ0n) is 14.2. The van der Waals surface area contributed by atoms with Crippen molar-refractivity contribution < 1.29 is 13.2 Å². The fraction of sp³-hybridized carbons (Fsp3) is 0.150. The minimum Gasteiger partial charge on any atom is -0.298 e. The van der Waals surface area contributed by atoms with Gasteiger partial charge in [-0.3, -0.25) is 4.79 Å². The second kappa shape index (κ2) is 7.19. The highest BCUT2D eigenvalue weighted by Gasteiger charge is 2.36. The number of hydrogen-bond acceptors (Lipinski definition) is 3. The van der Waals surface area contributed by atoms with Crippen LogP contribution in [0.1, 0.15) is 17.2 Å². The Bertz CT molecular complexity index is 977. The maximum atomic E-state index is 13.3. The smallest absolute Gasteiger partial charge is 0.244 e. The monoisotopic (exact) mass is 387 g/mol. The van der Waals surface area contributed by atoms with Crippen LogP contribution in [0.15, 0.2) is 77.2 Å². The molecule has 0 saturated carbocycles. The lowest BCUT2D eigenvalue weighted by Crippen LogP contribution is -2.39. The Hall–Kier alpha value is -2.21. The van der Waals surface area contributed by atoms with Gasteiger partial charge in [0.25, 0.3) is 0 Å². The molecule has 4 nitrogen and oxygen atoms in total. The Labute approximate surface area is 158 Å². The molecular formula is C20H18ClNO3S. The van der Waals surface area contributed by atoms with Crippen molar-refractivity contribution in [3.05, 3.63) is 88.5 Å². The van der Waals surface area contributed by atoms with Gasteiger partial charge >= 0.3 is 0 Å². The van der Waals surface area contributed by atoms with Crippen LogP contribution in [0.4, 0.5) is 0 Å². The van der Waals surface area contributed by atoms with Crippen molar-refractivity contribution >= 4 is 27.9 Å². The van der Waals surface area contributed by atoms with Gasteiger partial charge in [0, 0.05) is 17.1 Å². The second-order valence-corrected chi connectivity index (χ2v) is 8.56. The van der Waals surface area contributed by atoms with Crippen molar-refractivity contribution in [2.45, 2.75) is 17.9 Å². The van der Waals surface area contributed by atoms with Crippen LogP contribution < -0.4 is 0 Å². The molecule has 2 aromatic carbocycles. The Balaban J connectivity index is 2.12. The summed E-state index contributed by atoms with van der Waals surface area (Å²) in [6.07, 6.45) is 2.31. The van der Waals surface area contributed by atoms with Gasteiger partial charge in [-0.05, 0) is 48.4 Å². The van der Waals surface area contributed by atoms with Crippen LogP contribution in [0, 0.1) is 6.92 Å². The Morgan fingerprint density at radius 2 is 1.73 bits per heavy atom. The molecular weight excluding hydrogens is 370 g/mol. The van der Waals surface area contributed by atoms with Crippen LogP contribution in [0.2, 0.25) is 5.02 Å². The largest absolute Gasteiger partial charge is 0.298 e. The number of rotatable bonds is 4. The zero-order valence-corrected chi connectivity index (χ0v) is 15.8. The van der Waals surface area contributed by atoms with Crippen molar-refractivity contribution in [3.8, 4) is 0 Å². The minimum absolute atomic E-state index is 0.00791. The lowest BCUT2D eigenvalue weighted by atomic mass is 9.95. The molecule has 134 valence electrons. The van der Waals surface area contributed by atoms with Crippen LogP contribution in [-0.4, -0.2) is 25.6 Å². The van der Waals surface area contributed by atoms with Crippen molar-refractivity contribution in [1.82, 2.24) is 4.31 Å². The van der Waals surface area contributed by atoms with Gasteiger partial charge in [0.05, 0.1) is 10.9 Å². The normalized spacial score (nSPS) is 18.5. The first-order valence-electron chi connectivity index (χ1n) is 8.01. The Kier molecular flexibility index (Phi) is 5.14. The molecule has 1 aliphatic rings. The van der Waals surface area contributed by atoms with Crippen molar-refractivity contribution in [1.29, 1.82) is 0 Å². The zero-order chi connectivity index (χ0) is 18.9. The van der Waals surface area contributed by atoms with Crippen LogP contribution in [0.25, 0.3) is 0 Å². The molecule has 0 N–H and O–H groups in total. The van der Waals surface area contributed by atoms with Crippen molar-refractivity contribution in [2.24, 2.45) is 0 Å². The Morgan fingerprint density at radius 1 is 1.12 bits per heavy atom. The molecule has 26 heavy (non-hydrogen) atoms. The predicted molar refractivity (Wildman–Crippen MR) is 103 cm³/mol. The van der Waals surface area contributed by atoms with E-state index in [1.165, 1.54) is 4.31 Å². The van der Waals surface area contributed by atoms with E-state index < -0.39 is 16.1 Å². The molecule has 6 heteroatoms. The maximum absolute atomic E-state index is 13.3. The van der Waals surface area contributed by atoms with E-state index in [9.17, 15) is 13.2 Å². The van der Waals surface area contributed by atoms with E-state index in [2.05, 4.69) is 6.58 Å². The van der Waals surface area contributed by atoms with Crippen molar-refractivity contribution in [3.63, 3.8) is 0 Å². The summed E-state index contributed by atoms with van der Waals surface area (Å²) in [7, 11) is -3.82. The maximum Gasteiger partial charge on any atom is 0.244 e. The van der Waals surface area contributed by atoms with Gasteiger partial charge in [-0.1, -0.05) is 48.0 Å². The van der Waals surface area contributed by atoms with Crippen LogP contribution in [0.5, 0.6) is 0 Å². The average molecular weight is 388 g/mol. The van der Waals surface area contributed by atoms with Gasteiger partial charge in [0.15, 0.2) is 0 Å². The summed E-state index contributed by atoms with van der Waals surface area (Å²) in [5.41, 5.74) is 2.62. The van der Waals surface area contributed by atoms with E-state index in [-0.39, 0.29) is 11.4 Å². The number of carbonyl (C=O) groups excluding carboxylic acids is 1. The quantitative estimate of drug-likeness (QED) is 0.743. The highest BCUT2D eigenvalue weighted by atomic mass is 35.5. The summed E-state index contributed by atoms with van der Waals surface area (Å²) in [4.78, 5) is 11.5. The van der Waals surface area contributed by atoms with Crippen molar-refractivity contribution in [2.75, 3.05) is 6.54 Å². The third-order valence-electron chi connectivity index (χ3n) is 4.31. The lowest BCUT2D eigenvalue weighted by Gasteiger charge is -2.35. The number of hydrogen-bond donors (Lipinski definition) is 0. The molecule has 0 saturated heterocycles. The molecule has 0 aromatic heterocycles. The summed E-state index contributed by atoms with van der Waals surface area (Å²) in [6.45, 7) is 5.87. The highest BCUT2D eigenvalue weighted by Crippen LogP contribution is 2.37. The molecule has 1 atom stereocenters. The highest BCUT2D eigenvalue weighted by molar-refractivity contribution is 7.89. The summed E-state index contributed by atoms with van der Waals surface area (Å²) in [6, 6.07) is 13.0. The Morgan fingerprint density at radius 3 is 2.31 bits per heavy atom. The molecule has 0 aliphatic carbocycles. The second-order valence-electron chi connectivity index (χ2n) is 6.23. The lowest BCUT2D eigenvalue weighted by molar-refractivity contribution is -0.105. The van der Waals surface area contributed by atoms with E-state index in [1.807, 2.05) is 6.92 Å². The minimum atomic E-state index is -3.82. The van der Waals surface area contributed by atoms with E-state index in [1.54, 1.807) is 54.6 Å². The molecule has 0 bridgehead atoms. The third-order valence-corrected chi connectivity index (χ3v) is 6.39. The van der Waals surface area contributed by atoms with Gasteiger partial charge in [-0.2, -0.15) is 4.31 Å². The molecule has 3 rings (SSSR count). The first kappa shape index (κ1) is 18.6. The number of aryl methyl sites for hydroxylation is 1. The van der Waals surface area contributed by atoms with E-state index in [0.29, 0.717) is 22.5 Å². The van der Waals surface area contributed by atoms with Gasteiger partial charge in [-0.15, -0.1) is 0 Å². The molecule has 2 aromatic rings. The summed E-state index contributed by atoms with van der Waals surface area (Å²) >= 11 is 5.96. The van der Waals surface area contributed by atoms with Gasteiger partial charge < -0.3 is 0 Å². The number of halogens is 1. The van der Waals surface area contributed by atoms with Crippen LogP contribution in [-0.2, 0) is 14.8 Å². The summed E-state index contributed by atoms with van der Waals surface area (Å²) in [5.74, 6) is 0. The average Bonchev–Trinajstić information content (AvgIpc) is 2.62. The molecule has 1 heterocycles. The SMILES string of the molecule is C=C1C=C(C=O)CN(S(=O)(=O)c2ccc(C)cc2)C1c1ccc(Cl)cc1. The van der Waals surface area contributed by atoms with E-state index >= 15 is 0 Å². The molecule has 0 spiro atoms. The number of carbonyl (C=O) groups is 1. The number of nitrogens with zero attached hydrogens (tertiary/aromatic N) is 1. The first-order chi connectivity index (χ1) is 12.3. The van der Waals surface area contributed by atoms with Gasteiger partial charge in [0.2, 0.25) is 10.0 Å². The van der Waals surface area contributed by atoms with Gasteiger partial charge in [-0.25, -0.2) is 8.42 Å². The first-order valence-corrected chi connectivity index (χ1v) is 9.83. The third kappa shape index (κ3) is 3.51. The van der Waals surface area contributed by atoms with E-state index in [4.69, 9.17) is 11.6 Å². The molecule has 1 unspecified atom stereocenters. The fourth-order valence-electron chi connectivity index (χ4n) is 2.98. The van der Waals surface area contributed by atoms with Crippen LogP contribution >= 0.6 is 11.6 Å². The molecule has 1 aliphatic heterocycles. The molecule has 0 radical (unpaired) electrons.